The van der Waals surface area contributed by atoms with E-state index in [-0.39, 0.29) is 49.3 Å². The Labute approximate surface area is 189 Å². The Kier molecular flexibility index (Phi) is 8.33. The number of hydrogen-bond acceptors (Lipinski definition) is 8. The summed E-state index contributed by atoms with van der Waals surface area (Å²) in [6.45, 7) is 3.54. The Morgan fingerprint density at radius 2 is 1.75 bits per heavy atom. The molecule has 0 spiro atoms. The van der Waals surface area contributed by atoms with Crippen molar-refractivity contribution in [2.24, 2.45) is 5.92 Å². The van der Waals surface area contributed by atoms with Crippen LogP contribution in [0, 0.1) is 5.92 Å². The summed E-state index contributed by atoms with van der Waals surface area (Å²) in [6, 6.07) is 12.3. The maximum atomic E-state index is 13.0. The standard InChI is InChI=1S/C24H26O7S/c1-3-15(2)23(27)30-12-11-29-13-16(25)14-31-24(28)18-8-6-10-20-21(18)22(26)17-7-4-5-9-19(17)32-20/h4-10,15-16,25H,3,11-14H2,1-2H3. The van der Waals surface area contributed by atoms with Crippen LogP contribution in [0.1, 0.15) is 30.6 Å². The van der Waals surface area contributed by atoms with Gasteiger partial charge in [0.05, 0.1) is 30.1 Å². The van der Waals surface area contributed by atoms with Crippen molar-refractivity contribution in [1.82, 2.24) is 0 Å². The lowest BCUT2D eigenvalue weighted by Crippen LogP contribution is -2.25. The minimum absolute atomic E-state index is 0.0801. The average Bonchev–Trinajstić information content (AvgIpc) is 2.81. The van der Waals surface area contributed by atoms with Gasteiger partial charge in [-0.15, -0.1) is 11.3 Å². The van der Waals surface area contributed by atoms with Gasteiger partial charge in [-0.1, -0.05) is 32.0 Å². The second-order valence-electron chi connectivity index (χ2n) is 7.41. The molecular formula is C24H26O7S. The Morgan fingerprint density at radius 3 is 2.53 bits per heavy atom. The van der Waals surface area contributed by atoms with Crippen molar-refractivity contribution in [2.75, 3.05) is 26.4 Å². The fraction of sp³-hybridized carbons (Fsp3) is 0.375. The minimum Gasteiger partial charge on any atom is -0.463 e. The van der Waals surface area contributed by atoms with Gasteiger partial charge in [0.2, 0.25) is 0 Å². The van der Waals surface area contributed by atoms with E-state index in [4.69, 9.17) is 14.2 Å². The molecule has 8 heteroatoms. The van der Waals surface area contributed by atoms with E-state index in [1.54, 1.807) is 37.3 Å². The first-order valence-electron chi connectivity index (χ1n) is 10.5. The van der Waals surface area contributed by atoms with Crippen LogP contribution in [0.4, 0.5) is 0 Å². The molecule has 0 aliphatic heterocycles. The first kappa shape index (κ1) is 23.8. The quantitative estimate of drug-likeness (QED) is 0.282. The van der Waals surface area contributed by atoms with Gasteiger partial charge in [-0.25, -0.2) is 4.79 Å². The third kappa shape index (κ3) is 5.70. The topological polar surface area (TPSA) is 99.1 Å². The fourth-order valence-corrected chi connectivity index (χ4v) is 4.15. The average molecular weight is 459 g/mol. The zero-order chi connectivity index (χ0) is 23.1. The molecular weight excluding hydrogens is 432 g/mol. The molecule has 2 atom stereocenters. The van der Waals surface area contributed by atoms with Crippen molar-refractivity contribution in [2.45, 2.75) is 26.4 Å². The number of carbonyl (C=O) groups excluding carboxylic acids is 2. The molecule has 0 radical (unpaired) electrons. The van der Waals surface area contributed by atoms with Crippen molar-refractivity contribution in [3.8, 4) is 0 Å². The first-order valence-corrected chi connectivity index (χ1v) is 11.3. The molecule has 0 fully saturated rings. The van der Waals surface area contributed by atoms with E-state index >= 15 is 0 Å². The van der Waals surface area contributed by atoms with Gasteiger partial charge in [0.15, 0.2) is 5.43 Å². The molecule has 0 saturated carbocycles. The maximum Gasteiger partial charge on any atom is 0.339 e. The van der Waals surface area contributed by atoms with Crippen molar-refractivity contribution in [3.05, 3.63) is 58.3 Å². The van der Waals surface area contributed by atoms with E-state index in [1.807, 2.05) is 19.1 Å². The number of benzene rings is 2. The van der Waals surface area contributed by atoms with Gasteiger partial charge in [-0.2, -0.15) is 0 Å². The molecule has 32 heavy (non-hydrogen) atoms. The molecule has 0 bridgehead atoms. The molecule has 0 amide bonds. The van der Waals surface area contributed by atoms with Crippen molar-refractivity contribution >= 4 is 43.4 Å². The summed E-state index contributed by atoms with van der Waals surface area (Å²) in [5.74, 6) is -1.13. The molecule has 0 aliphatic carbocycles. The van der Waals surface area contributed by atoms with Crippen LogP contribution in [0.15, 0.2) is 47.3 Å². The Morgan fingerprint density at radius 1 is 1.00 bits per heavy atom. The molecule has 1 aromatic heterocycles. The van der Waals surface area contributed by atoms with Crippen molar-refractivity contribution in [1.29, 1.82) is 0 Å². The highest BCUT2D eigenvalue weighted by atomic mass is 32.1. The van der Waals surface area contributed by atoms with Gasteiger partial charge in [0.25, 0.3) is 0 Å². The normalized spacial score (nSPS) is 13.1. The minimum atomic E-state index is -1.05. The third-order valence-electron chi connectivity index (χ3n) is 5.03. The number of carbonyl (C=O) groups is 2. The molecule has 1 heterocycles. The van der Waals surface area contributed by atoms with E-state index in [0.717, 1.165) is 4.70 Å². The van der Waals surface area contributed by atoms with Gasteiger partial charge >= 0.3 is 11.9 Å². The third-order valence-corrected chi connectivity index (χ3v) is 6.16. The highest BCUT2D eigenvalue weighted by Crippen LogP contribution is 2.26. The van der Waals surface area contributed by atoms with Gasteiger partial charge in [0.1, 0.15) is 19.3 Å². The summed E-state index contributed by atoms with van der Waals surface area (Å²) in [6.07, 6.45) is -0.347. The summed E-state index contributed by atoms with van der Waals surface area (Å²) in [5.41, 5.74) is -0.0581. The predicted octanol–water partition coefficient (Wildman–Crippen LogP) is 3.54. The Bertz CT molecular complexity index is 1150. The number of rotatable bonds is 10. The van der Waals surface area contributed by atoms with Crippen LogP contribution in [0.5, 0.6) is 0 Å². The highest BCUT2D eigenvalue weighted by Gasteiger charge is 2.18. The summed E-state index contributed by atoms with van der Waals surface area (Å²) >= 11 is 1.43. The van der Waals surface area contributed by atoms with Gasteiger partial charge in [0, 0.05) is 14.8 Å². The van der Waals surface area contributed by atoms with Crippen LogP contribution in [-0.2, 0) is 19.0 Å². The summed E-state index contributed by atoms with van der Waals surface area (Å²) < 4.78 is 17.1. The van der Waals surface area contributed by atoms with Crippen LogP contribution in [-0.4, -0.2) is 49.6 Å². The van der Waals surface area contributed by atoms with Gasteiger partial charge < -0.3 is 19.3 Å². The molecule has 1 N–H and O–H groups in total. The smallest absolute Gasteiger partial charge is 0.339 e. The fourth-order valence-electron chi connectivity index (χ4n) is 3.04. The lowest BCUT2D eigenvalue weighted by atomic mass is 10.1. The van der Waals surface area contributed by atoms with E-state index in [0.29, 0.717) is 21.9 Å². The monoisotopic (exact) mass is 458 g/mol. The Balaban J connectivity index is 1.55. The van der Waals surface area contributed by atoms with Crippen LogP contribution >= 0.6 is 11.3 Å². The van der Waals surface area contributed by atoms with E-state index < -0.39 is 12.1 Å². The van der Waals surface area contributed by atoms with Crippen LogP contribution in [0.2, 0.25) is 0 Å². The zero-order valence-corrected chi connectivity index (χ0v) is 18.9. The molecule has 0 saturated heterocycles. The number of fused-ring (bicyclic) bond motifs is 2. The zero-order valence-electron chi connectivity index (χ0n) is 18.0. The number of esters is 2. The number of hydrogen-bond donors (Lipinski definition) is 1. The molecule has 170 valence electrons. The highest BCUT2D eigenvalue weighted by molar-refractivity contribution is 7.24. The van der Waals surface area contributed by atoms with Crippen molar-refractivity contribution < 1.29 is 28.9 Å². The molecule has 2 unspecified atom stereocenters. The largest absolute Gasteiger partial charge is 0.463 e. The second kappa shape index (κ2) is 11.2. The first-order chi connectivity index (χ1) is 15.4. The van der Waals surface area contributed by atoms with E-state index in [2.05, 4.69) is 0 Å². The van der Waals surface area contributed by atoms with Gasteiger partial charge in [-0.3, -0.25) is 9.59 Å². The van der Waals surface area contributed by atoms with E-state index in [1.165, 1.54) is 11.3 Å². The van der Waals surface area contributed by atoms with Gasteiger partial charge in [-0.05, 0) is 30.7 Å². The molecule has 2 aromatic carbocycles. The lowest BCUT2D eigenvalue weighted by molar-refractivity contribution is -0.149. The predicted molar refractivity (Wildman–Crippen MR) is 123 cm³/mol. The molecule has 7 nitrogen and oxygen atoms in total. The lowest BCUT2D eigenvalue weighted by Gasteiger charge is -2.13. The summed E-state index contributed by atoms with van der Waals surface area (Å²) in [5, 5.41) is 10.9. The number of aliphatic hydroxyl groups is 1. The summed E-state index contributed by atoms with van der Waals surface area (Å²) in [7, 11) is 0. The molecule has 0 aliphatic rings. The number of ether oxygens (including phenoxy) is 3. The van der Waals surface area contributed by atoms with Crippen molar-refractivity contribution in [3.63, 3.8) is 0 Å². The van der Waals surface area contributed by atoms with Crippen LogP contribution in [0.25, 0.3) is 20.2 Å². The Hall–Kier alpha value is -2.81. The number of aliphatic hydroxyl groups excluding tert-OH is 1. The van der Waals surface area contributed by atoms with Crippen LogP contribution in [0.3, 0.4) is 0 Å². The molecule has 3 aromatic rings. The van der Waals surface area contributed by atoms with E-state index in [9.17, 15) is 19.5 Å². The SMILES string of the molecule is CCC(C)C(=O)OCCOCC(O)COC(=O)c1cccc2sc3ccccc3c(=O)c12. The molecule has 3 rings (SSSR count). The summed E-state index contributed by atoms with van der Waals surface area (Å²) in [4.78, 5) is 37.2. The second-order valence-corrected chi connectivity index (χ2v) is 8.49. The maximum absolute atomic E-state index is 13.0. The van der Waals surface area contributed by atoms with Crippen LogP contribution < -0.4 is 5.43 Å².